The van der Waals surface area contributed by atoms with Crippen molar-refractivity contribution >= 4 is 5.97 Å². The van der Waals surface area contributed by atoms with Gasteiger partial charge in [0.2, 0.25) is 0 Å². The highest BCUT2D eigenvalue weighted by molar-refractivity contribution is 5.85. The van der Waals surface area contributed by atoms with Crippen molar-refractivity contribution in [3.05, 3.63) is 47.7 Å². The number of hydrogen-bond donors (Lipinski definition) is 1. The zero-order valence-electron chi connectivity index (χ0n) is 9.01. The van der Waals surface area contributed by atoms with Gasteiger partial charge in [-0.25, -0.2) is 14.2 Å². The van der Waals surface area contributed by atoms with Crippen LogP contribution in [0.25, 0.3) is 11.3 Å². The molecule has 0 aliphatic carbocycles. The van der Waals surface area contributed by atoms with E-state index in [-0.39, 0.29) is 11.5 Å². The molecule has 17 heavy (non-hydrogen) atoms. The molecule has 1 heterocycles. The normalized spacial score (nSPS) is 10.2. The van der Waals surface area contributed by atoms with E-state index in [9.17, 15) is 9.18 Å². The summed E-state index contributed by atoms with van der Waals surface area (Å²) in [5.74, 6) is -1.44. The lowest BCUT2D eigenvalue weighted by atomic mass is 10.1. The van der Waals surface area contributed by atoms with Crippen molar-refractivity contribution in [2.75, 3.05) is 0 Å². The summed E-state index contributed by atoms with van der Waals surface area (Å²) >= 11 is 0. The number of benzene rings is 1. The second-order valence-electron chi connectivity index (χ2n) is 3.55. The van der Waals surface area contributed by atoms with Crippen LogP contribution in [0.15, 0.2) is 30.6 Å². The van der Waals surface area contributed by atoms with Crippen LogP contribution in [0.3, 0.4) is 0 Å². The minimum Gasteiger partial charge on any atom is -0.476 e. The molecule has 2 aromatic rings. The van der Waals surface area contributed by atoms with E-state index in [0.29, 0.717) is 5.69 Å². The Bertz CT molecular complexity index is 567. The van der Waals surface area contributed by atoms with Crippen LogP contribution >= 0.6 is 0 Å². The molecule has 1 aromatic heterocycles. The SMILES string of the molecule is Cc1cc(F)ccc1-c1cnc(C(=O)O)cn1. The van der Waals surface area contributed by atoms with E-state index in [2.05, 4.69) is 9.97 Å². The van der Waals surface area contributed by atoms with E-state index in [1.165, 1.54) is 24.5 Å². The first-order valence-corrected chi connectivity index (χ1v) is 4.90. The Morgan fingerprint density at radius 1 is 1.29 bits per heavy atom. The third-order valence-electron chi connectivity index (χ3n) is 2.34. The number of rotatable bonds is 2. The molecule has 0 bridgehead atoms. The largest absolute Gasteiger partial charge is 0.476 e. The molecule has 0 fully saturated rings. The molecule has 5 heteroatoms. The molecule has 0 aliphatic heterocycles. The van der Waals surface area contributed by atoms with Gasteiger partial charge >= 0.3 is 5.97 Å². The predicted octanol–water partition coefficient (Wildman–Crippen LogP) is 2.29. The van der Waals surface area contributed by atoms with Gasteiger partial charge in [0, 0.05) is 5.56 Å². The zero-order chi connectivity index (χ0) is 12.4. The molecular weight excluding hydrogens is 223 g/mol. The molecule has 0 amide bonds. The third-order valence-corrected chi connectivity index (χ3v) is 2.34. The summed E-state index contributed by atoms with van der Waals surface area (Å²) in [7, 11) is 0. The van der Waals surface area contributed by atoms with Gasteiger partial charge in [0.05, 0.1) is 18.1 Å². The first-order chi connectivity index (χ1) is 8.08. The van der Waals surface area contributed by atoms with E-state index in [0.717, 1.165) is 11.1 Å². The van der Waals surface area contributed by atoms with E-state index < -0.39 is 5.97 Å². The van der Waals surface area contributed by atoms with Crippen LogP contribution in [0.5, 0.6) is 0 Å². The molecule has 0 radical (unpaired) electrons. The number of carboxylic acid groups (broad SMARTS) is 1. The van der Waals surface area contributed by atoms with Crippen LogP contribution < -0.4 is 0 Å². The molecular formula is C12H9FN2O2. The van der Waals surface area contributed by atoms with Gasteiger partial charge in [-0.15, -0.1) is 0 Å². The number of nitrogens with zero attached hydrogens (tertiary/aromatic N) is 2. The van der Waals surface area contributed by atoms with Gasteiger partial charge in [0.1, 0.15) is 5.82 Å². The molecule has 0 atom stereocenters. The summed E-state index contributed by atoms with van der Waals surface area (Å²) in [6.07, 6.45) is 2.55. The molecule has 0 unspecified atom stereocenters. The van der Waals surface area contributed by atoms with Crippen LogP contribution in [0.4, 0.5) is 4.39 Å². The van der Waals surface area contributed by atoms with Crippen LogP contribution in [0.2, 0.25) is 0 Å². The van der Waals surface area contributed by atoms with E-state index in [1.807, 2.05) is 0 Å². The zero-order valence-corrected chi connectivity index (χ0v) is 9.01. The lowest BCUT2D eigenvalue weighted by molar-refractivity contribution is 0.0690. The van der Waals surface area contributed by atoms with Crippen LogP contribution in [0.1, 0.15) is 16.1 Å². The standard InChI is InChI=1S/C12H9FN2O2/c1-7-4-8(13)2-3-9(7)10-5-15-11(6-14-10)12(16)17/h2-6H,1H3,(H,16,17). The highest BCUT2D eigenvalue weighted by Crippen LogP contribution is 2.21. The third kappa shape index (κ3) is 2.28. The van der Waals surface area contributed by atoms with Crippen LogP contribution in [-0.2, 0) is 0 Å². The van der Waals surface area contributed by atoms with E-state index in [4.69, 9.17) is 5.11 Å². The molecule has 2 rings (SSSR count). The number of aromatic nitrogens is 2. The Hall–Kier alpha value is -2.30. The number of aryl methyl sites for hydroxylation is 1. The molecule has 0 spiro atoms. The Morgan fingerprint density at radius 2 is 2.06 bits per heavy atom. The number of carbonyl (C=O) groups is 1. The smallest absolute Gasteiger partial charge is 0.356 e. The summed E-state index contributed by atoms with van der Waals surface area (Å²) in [6.45, 7) is 1.76. The van der Waals surface area contributed by atoms with Gasteiger partial charge in [0.15, 0.2) is 5.69 Å². The van der Waals surface area contributed by atoms with Gasteiger partial charge in [0.25, 0.3) is 0 Å². The number of aromatic carboxylic acids is 1. The van der Waals surface area contributed by atoms with Gasteiger partial charge in [-0.2, -0.15) is 0 Å². The first kappa shape index (κ1) is 11.2. The quantitative estimate of drug-likeness (QED) is 0.862. The Morgan fingerprint density at radius 3 is 2.59 bits per heavy atom. The van der Waals surface area contributed by atoms with Gasteiger partial charge in [-0.3, -0.25) is 4.98 Å². The second kappa shape index (κ2) is 4.29. The molecule has 86 valence electrons. The van der Waals surface area contributed by atoms with Crippen molar-refractivity contribution in [3.8, 4) is 11.3 Å². The monoisotopic (exact) mass is 232 g/mol. The van der Waals surface area contributed by atoms with Crippen molar-refractivity contribution < 1.29 is 14.3 Å². The Labute approximate surface area is 96.8 Å². The van der Waals surface area contributed by atoms with Crippen LogP contribution in [-0.4, -0.2) is 21.0 Å². The highest BCUT2D eigenvalue weighted by atomic mass is 19.1. The average Bonchev–Trinajstić information content (AvgIpc) is 2.29. The topological polar surface area (TPSA) is 63.1 Å². The Balaban J connectivity index is 2.43. The van der Waals surface area contributed by atoms with Gasteiger partial charge < -0.3 is 5.11 Å². The molecule has 4 nitrogen and oxygen atoms in total. The summed E-state index contributed by atoms with van der Waals surface area (Å²) in [5, 5.41) is 8.69. The summed E-state index contributed by atoms with van der Waals surface area (Å²) in [6, 6.07) is 4.31. The lowest BCUT2D eigenvalue weighted by Crippen LogP contribution is -2.01. The maximum Gasteiger partial charge on any atom is 0.356 e. The fraction of sp³-hybridized carbons (Fsp3) is 0.0833. The van der Waals surface area contributed by atoms with Crippen molar-refractivity contribution in [2.24, 2.45) is 0 Å². The minimum absolute atomic E-state index is 0.117. The van der Waals surface area contributed by atoms with E-state index >= 15 is 0 Å². The van der Waals surface area contributed by atoms with Crippen molar-refractivity contribution in [1.82, 2.24) is 9.97 Å². The molecule has 0 aliphatic rings. The molecule has 1 N–H and O–H groups in total. The fourth-order valence-corrected chi connectivity index (χ4v) is 1.49. The summed E-state index contributed by atoms with van der Waals surface area (Å²) in [4.78, 5) is 18.4. The van der Waals surface area contributed by atoms with Crippen LogP contribution in [0, 0.1) is 12.7 Å². The summed E-state index contributed by atoms with van der Waals surface area (Å²) < 4.78 is 12.9. The van der Waals surface area contributed by atoms with Crippen molar-refractivity contribution in [3.63, 3.8) is 0 Å². The highest BCUT2D eigenvalue weighted by Gasteiger charge is 2.08. The van der Waals surface area contributed by atoms with E-state index in [1.54, 1.807) is 13.0 Å². The van der Waals surface area contributed by atoms with Crippen molar-refractivity contribution in [2.45, 2.75) is 6.92 Å². The Kier molecular flexibility index (Phi) is 2.82. The number of hydrogen-bond acceptors (Lipinski definition) is 3. The van der Waals surface area contributed by atoms with Gasteiger partial charge in [-0.1, -0.05) is 0 Å². The van der Waals surface area contributed by atoms with Gasteiger partial charge in [-0.05, 0) is 30.7 Å². The molecule has 0 saturated carbocycles. The first-order valence-electron chi connectivity index (χ1n) is 4.90. The van der Waals surface area contributed by atoms with Crippen molar-refractivity contribution in [1.29, 1.82) is 0 Å². The average molecular weight is 232 g/mol. The maximum absolute atomic E-state index is 12.9. The minimum atomic E-state index is -1.13. The lowest BCUT2D eigenvalue weighted by Gasteiger charge is -2.04. The summed E-state index contributed by atoms with van der Waals surface area (Å²) in [5.41, 5.74) is 1.86. The maximum atomic E-state index is 12.9. The number of halogens is 1. The predicted molar refractivity (Wildman–Crippen MR) is 59.1 cm³/mol. The second-order valence-corrected chi connectivity index (χ2v) is 3.55. The fourth-order valence-electron chi connectivity index (χ4n) is 1.49. The molecule has 1 aromatic carbocycles. The molecule has 0 saturated heterocycles. The number of carboxylic acids is 1.